The van der Waals surface area contributed by atoms with E-state index in [0.29, 0.717) is 11.6 Å². The van der Waals surface area contributed by atoms with Crippen molar-refractivity contribution < 1.29 is 4.79 Å². The maximum absolute atomic E-state index is 12.5. The van der Waals surface area contributed by atoms with E-state index in [4.69, 9.17) is 11.6 Å². The van der Waals surface area contributed by atoms with Crippen LogP contribution in [0.4, 0.5) is 0 Å². The Hall–Kier alpha value is -2.57. The number of benzene rings is 2. The van der Waals surface area contributed by atoms with Gasteiger partial charge in [-0.05, 0) is 42.7 Å². The number of carbonyl (C=O) groups excluding carboxylic acids is 1. The number of nitrogens with zero attached hydrogens (tertiary/aromatic N) is 4. The molecule has 4 rings (SSSR count). The Bertz CT molecular complexity index is 1040. The molecule has 1 amide bonds. The summed E-state index contributed by atoms with van der Waals surface area (Å²) in [5, 5.41) is 10.2. The van der Waals surface area contributed by atoms with Crippen LogP contribution in [0.3, 0.4) is 0 Å². The van der Waals surface area contributed by atoms with Crippen LogP contribution in [0.25, 0.3) is 11.4 Å². The molecule has 2 aromatic carbocycles. The van der Waals surface area contributed by atoms with Gasteiger partial charge in [0.2, 0.25) is 0 Å². The zero-order chi connectivity index (χ0) is 20.9. The first-order valence-electron chi connectivity index (χ1n) is 9.97. The number of thioether (sulfide) groups is 1. The van der Waals surface area contributed by atoms with E-state index in [1.54, 1.807) is 11.8 Å². The Balaban J connectivity index is 1.48. The van der Waals surface area contributed by atoms with E-state index in [0.717, 1.165) is 59.4 Å². The number of allylic oxidation sites excluding steroid dienone is 1. The molecule has 0 bridgehead atoms. The molecule has 0 unspecified atom stereocenters. The Morgan fingerprint density at radius 3 is 2.53 bits per heavy atom. The number of amides is 1. The largest absolute Gasteiger partial charge is 0.339 e. The maximum atomic E-state index is 12.5. The third-order valence-corrected chi connectivity index (χ3v) is 6.47. The molecule has 1 fully saturated rings. The third kappa shape index (κ3) is 4.45. The highest BCUT2D eigenvalue weighted by molar-refractivity contribution is 7.98. The topological polar surface area (TPSA) is 51.0 Å². The smallest absolute Gasteiger partial charge is 0.253 e. The second-order valence-corrected chi connectivity index (χ2v) is 8.52. The van der Waals surface area contributed by atoms with Crippen LogP contribution in [-0.2, 0) is 12.3 Å². The number of hydrogen-bond acceptors (Lipinski definition) is 4. The molecule has 0 atom stereocenters. The summed E-state index contributed by atoms with van der Waals surface area (Å²) in [5.41, 5.74) is 2.73. The van der Waals surface area contributed by atoms with Crippen LogP contribution in [0.1, 0.15) is 28.8 Å². The van der Waals surface area contributed by atoms with Gasteiger partial charge in [0.25, 0.3) is 5.91 Å². The molecule has 5 nitrogen and oxygen atoms in total. The van der Waals surface area contributed by atoms with Crippen molar-refractivity contribution in [3.05, 3.63) is 77.3 Å². The van der Waals surface area contributed by atoms with Crippen LogP contribution in [0, 0.1) is 0 Å². The predicted octanol–water partition coefficient (Wildman–Crippen LogP) is 5.31. The number of rotatable bonds is 7. The van der Waals surface area contributed by atoms with E-state index in [9.17, 15) is 4.79 Å². The molecule has 0 spiro atoms. The Labute approximate surface area is 185 Å². The van der Waals surface area contributed by atoms with Crippen LogP contribution >= 0.6 is 23.4 Å². The van der Waals surface area contributed by atoms with Crippen LogP contribution in [-0.4, -0.2) is 38.7 Å². The molecule has 1 aromatic heterocycles. The quantitative estimate of drug-likeness (QED) is 0.370. The van der Waals surface area contributed by atoms with Crippen molar-refractivity contribution in [1.29, 1.82) is 0 Å². The number of likely N-dealkylation sites (tertiary alicyclic amines) is 1. The summed E-state index contributed by atoms with van der Waals surface area (Å²) in [4.78, 5) is 14.4. The standard InChI is InChI=1S/C23H23ClN4OS/c1-2-13-28-21(19-7-3-4-8-20(19)24)25-26-23(28)30-16-17-9-11-18(12-10-17)22(29)27-14-5-6-15-27/h2-4,7-12H,1,5-6,13-16H2. The van der Waals surface area contributed by atoms with Gasteiger partial charge in [-0.3, -0.25) is 9.36 Å². The van der Waals surface area contributed by atoms with Crippen molar-refractivity contribution in [3.63, 3.8) is 0 Å². The predicted molar refractivity (Wildman–Crippen MR) is 122 cm³/mol. The lowest BCUT2D eigenvalue weighted by Gasteiger charge is -2.15. The molecular weight excluding hydrogens is 416 g/mol. The number of hydrogen-bond donors (Lipinski definition) is 0. The average Bonchev–Trinajstić information content (AvgIpc) is 3.44. The normalized spacial score (nSPS) is 13.6. The van der Waals surface area contributed by atoms with Crippen molar-refractivity contribution in [2.45, 2.75) is 30.3 Å². The first kappa shape index (κ1) is 20.7. The van der Waals surface area contributed by atoms with Crippen molar-refractivity contribution >= 4 is 29.3 Å². The fourth-order valence-electron chi connectivity index (χ4n) is 3.53. The molecule has 0 saturated carbocycles. The lowest BCUT2D eigenvalue weighted by Crippen LogP contribution is -2.27. The summed E-state index contributed by atoms with van der Waals surface area (Å²) in [7, 11) is 0. The molecule has 7 heteroatoms. The minimum Gasteiger partial charge on any atom is -0.339 e. The van der Waals surface area contributed by atoms with Gasteiger partial charge in [-0.25, -0.2) is 0 Å². The Morgan fingerprint density at radius 1 is 1.10 bits per heavy atom. The average molecular weight is 439 g/mol. The van der Waals surface area contributed by atoms with E-state index in [1.807, 2.05) is 64.1 Å². The lowest BCUT2D eigenvalue weighted by molar-refractivity contribution is 0.0793. The molecule has 2 heterocycles. The molecule has 1 saturated heterocycles. The van der Waals surface area contributed by atoms with Gasteiger partial charge in [0.1, 0.15) is 0 Å². The van der Waals surface area contributed by atoms with Gasteiger partial charge in [-0.15, -0.1) is 16.8 Å². The highest BCUT2D eigenvalue weighted by Crippen LogP contribution is 2.30. The van der Waals surface area contributed by atoms with E-state index in [1.165, 1.54) is 0 Å². The van der Waals surface area contributed by atoms with Crippen molar-refractivity contribution in [2.24, 2.45) is 0 Å². The van der Waals surface area contributed by atoms with Gasteiger partial charge >= 0.3 is 0 Å². The Morgan fingerprint density at radius 2 is 1.83 bits per heavy atom. The highest BCUT2D eigenvalue weighted by atomic mass is 35.5. The molecule has 154 valence electrons. The van der Waals surface area contributed by atoms with E-state index in [-0.39, 0.29) is 5.91 Å². The van der Waals surface area contributed by atoms with Crippen LogP contribution in [0.5, 0.6) is 0 Å². The lowest BCUT2D eigenvalue weighted by atomic mass is 10.1. The fourth-order valence-corrected chi connectivity index (χ4v) is 4.65. The molecular formula is C23H23ClN4OS. The zero-order valence-electron chi connectivity index (χ0n) is 16.6. The molecule has 0 N–H and O–H groups in total. The minimum atomic E-state index is 0.127. The summed E-state index contributed by atoms with van der Waals surface area (Å²) >= 11 is 7.96. The summed E-state index contributed by atoms with van der Waals surface area (Å²) in [6, 6.07) is 15.5. The van der Waals surface area contributed by atoms with Crippen LogP contribution in [0.2, 0.25) is 5.02 Å². The number of aromatic nitrogens is 3. The third-order valence-electron chi connectivity index (χ3n) is 5.11. The summed E-state index contributed by atoms with van der Waals surface area (Å²) in [6.07, 6.45) is 4.02. The zero-order valence-corrected chi connectivity index (χ0v) is 18.2. The number of carbonyl (C=O) groups is 1. The van der Waals surface area contributed by atoms with E-state index < -0.39 is 0 Å². The molecule has 1 aliphatic rings. The van der Waals surface area contributed by atoms with E-state index in [2.05, 4.69) is 16.8 Å². The van der Waals surface area contributed by atoms with E-state index >= 15 is 0 Å². The second-order valence-electron chi connectivity index (χ2n) is 7.17. The fraction of sp³-hybridized carbons (Fsp3) is 0.261. The Kier molecular flexibility index (Phi) is 6.55. The van der Waals surface area contributed by atoms with Gasteiger partial charge in [0.15, 0.2) is 11.0 Å². The van der Waals surface area contributed by atoms with Crippen LogP contribution < -0.4 is 0 Å². The van der Waals surface area contributed by atoms with Crippen molar-refractivity contribution in [3.8, 4) is 11.4 Å². The van der Waals surface area contributed by atoms with Gasteiger partial charge in [-0.2, -0.15) is 0 Å². The van der Waals surface area contributed by atoms with Crippen molar-refractivity contribution in [2.75, 3.05) is 13.1 Å². The second kappa shape index (κ2) is 9.49. The molecule has 0 radical (unpaired) electrons. The maximum Gasteiger partial charge on any atom is 0.253 e. The monoisotopic (exact) mass is 438 g/mol. The first-order chi connectivity index (χ1) is 14.7. The SMILES string of the molecule is C=CCn1c(SCc2ccc(C(=O)N3CCCC3)cc2)nnc1-c1ccccc1Cl. The highest BCUT2D eigenvalue weighted by Gasteiger charge is 2.19. The van der Waals surface area contributed by atoms with Crippen molar-refractivity contribution in [1.82, 2.24) is 19.7 Å². The molecule has 0 aliphatic carbocycles. The van der Waals surface area contributed by atoms with Crippen LogP contribution in [0.15, 0.2) is 66.3 Å². The minimum absolute atomic E-state index is 0.127. The summed E-state index contributed by atoms with van der Waals surface area (Å²) in [6.45, 7) is 6.18. The van der Waals surface area contributed by atoms with Gasteiger partial charge in [0.05, 0.1) is 5.02 Å². The molecule has 1 aliphatic heterocycles. The molecule has 3 aromatic rings. The molecule has 30 heavy (non-hydrogen) atoms. The van der Waals surface area contributed by atoms with Gasteiger partial charge in [0, 0.05) is 36.5 Å². The number of halogens is 1. The first-order valence-corrected chi connectivity index (χ1v) is 11.3. The summed E-state index contributed by atoms with van der Waals surface area (Å²) < 4.78 is 2.02. The van der Waals surface area contributed by atoms with Gasteiger partial charge < -0.3 is 4.90 Å². The van der Waals surface area contributed by atoms with Gasteiger partial charge in [-0.1, -0.05) is 53.7 Å². The summed E-state index contributed by atoms with van der Waals surface area (Å²) in [5.74, 6) is 1.59.